The molecule has 0 aliphatic heterocycles. The largest absolute Gasteiger partial charge is 0.495 e. The maximum Gasteiger partial charge on any atom is 0.137 e. The Morgan fingerprint density at radius 2 is 2.19 bits per heavy atom. The number of fused-ring (bicyclic) bond motifs is 2. The molecule has 0 heterocycles. The van der Waals surface area contributed by atoms with Gasteiger partial charge in [0, 0.05) is 6.04 Å². The zero-order chi connectivity index (χ0) is 14.8. The Balaban J connectivity index is 1.73. The van der Waals surface area contributed by atoms with Crippen molar-refractivity contribution in [1.29, 1.82) is 0 Å². The summed E-state index contributed by atoms with van der Waals surface area (Å²) in [5.41, 5.74) is 1.30. The molecule has 2 nitrogen and oxygen atoms in total. The van der Waals surface area contributed by atoms with E-state index >= 15 is 0 Å². The molecule has 2 aliphatic carbocycles. The molecule has 2 fully saturated rings. The summed E-state index contributed by atoms with van der Waals surface area (Å²) in [5.74, 6) is 3.65. The molecule has 0 saturated heterocycles. The van der Waals surface area contributed by atoms with Gasteiger partial charge in [-0.05, 0) is 67.7 Å². The van der Waals surface area contributed by atoms with Crippen molar-refractivity contribution in [3.8, 4) is 5.75 Å². The molecule has 0 spiro atoms. The van der Waals surface area contributed by atoms with E-state index in [1.807, 2.05) is 6.07 Å². The van der Waals surface area contributed by atoms with Gasteiger partial charge in [-0.15, -0.1) is 0 Å². The van der Waals surface area contributed by atoms with Gasteiger partial charge in [0.15, 0.2) is 0 Å². The van der Waals surface area contributed by atoms with Crippen LogP contribution in [0.2, 0.25) is 5.02 Å². The third kappa shape index (κ3) is 3.22. The van der Waals surface area contributed by atoms with Crippen LogP contribution in [0.5, 0.6) is 5.75 Å². The fraction of sp³-hybridized carbons (Fsp3) is 0.667. The molecule has 2 bridgehead atoms. The van der Waals surface area contributed by atoms with Gasteiger partial charge in [0.05, 0.1) is 12.1 Å². The number of ether oxygens (including phenoxy) is 1. The molecule has 1 aromatic carbocycles. The Bertz CT molecular complexity index is 490. The Morgan fingerprint density at radius 1 is 1.33 bits per heavy atom. The van der Waals surface area contributed by atoms with Gasteiger partial charge in [-0.1, -0.05) is 31.0 Å². The lowest BCUT2D eigenvalue weighted by Crippen LogP contribution is -2.25. The molecule has 0 radical (unpaired) electrons. The van der Waals surface area contributed by atoms with Crippen molar-refractivity contribution in [2.45, 2.75) is 45.1 Å². The average Bonchev–Trinajstić information content (AvgIpc) is 3.09. The topological polar surface area (TPSA) is 21.3 Å². The number of halogens is 1. The minimum atomic E-state index is 0.419. The van der Waals surface area contributed by atoms with E-state index in [1.54, 1.807) is 7.11 Å². The third-order valence-electron chi connectivity index (χ3n) is 5.45. The smallest absolute Gasteiger partial charge is 0.137 e. The number of rotatable bonds is 6. The Kier molecular flexibility index (Phi) is 4.75. The van der Waals surface area contributed by atoms with E-state index in [0.29, 0.717) is 11.1 Å². The fourth-order valence-corrected chi connectivity index (χ4v) is 4.72. The minimum absolute atomic E-state index is 0.419. The van der Waals surface area contributed by atoms with Gasteiger partial charge in [-0.3, -0.25) is 0 Å². The predicted molar refractivity (Wildman–Crippen MR) is 88.0 cm³/mol. The maximum atomic E-state index is 6.30. The van der Waals surface area contributed by atoms with E-state index in [4.69, 9.17) is 16.3 Å². The molecule has 3 heteroatoms. The van der Waals surface area contributed by atoms with E-state index < -0.39 is 0 Å². The maximum absolute atomic E-state index is 6.30. The van der Waals surface area contributed by atoms with Gasteiger partial charge in [-0.25, -0.2) is 0 Å². The van der Waals surface area contributed by atoms with Gasteiger partial charge < -0.3 is 10.1 Å². The van der Waals surface area contributed by atoms with E-state index in [1.165, 1.54) is 37.7 Å². The number of hydrogen-bond donors (Lipinski definition) is 1. The lowest BCUT2D eigenvalue weighted by Gasteiger charge is -2.27. The lowest BCUT2D eigenvalue weighted by atomic mass is 9.82. The summed E-state index contributed by atoms with van der Waals surface area (Å²) >= 11 is 6.30. The molecule has 2 aliphatic rings. The summed E-state index contributed by atoms with van der Waals surface area (Å²) in [6, 6.07) is 6.64. The second kappa shape index (κ2) is 6.58. The van der Waals surface area contributed by atoms with Crippen molar-refractivity contribution in [1.82, 2.24) is 5.32 Å². The van der Waals surface area contributed by atoms with E-state index in [2.05, 4.69) is 24.4 Å². The van der Waals surface area contributed by atoms with Crippen LogP contribution in [0.15, 0.2) is 18.2 Å². The predicted octanol–water partition coefficient (Wildman–Crippen LogP) is 4.83. The quantitative estimate of drug-likeness (QED) is 0.813. The SMILES string of the molecule is CCNC(CC1CC2CCC1C2)c1ccc(OC)c(Cl)c1. The van der Waals surface area contributed by atoms with Crippen molar-refractivity contribution >= 4 is 11.6 Å². The van der Waals surface area contributed by atoms with Crippen LogP contribution in [-0.4, -0.2) is 13.7 Å². The summed E-state index contributed by atoms with van der Waals surface area (Å²) in [4.78, 5) is 0. The van der Waals surface area contributed by atoms with Crippen LogP contribution < -0.4 is 10.1 Å². The second-order valence-electron chi connectivity index (χ2n) is 6.67. The summed E-state index contributed by atoms with van der Waals surface area (Å²) in [7, 11) is 1.66. The van der Waals surface area contributed by atoms with Crippen LogP contribution in [0.4, 0.5) is 0 Å². The molecule has 0 aromatic heterocycles. The summed E-state index contributed by atoms with van der Waals surface area (Å²) < 4.78 is 5.26. The first-order valence-corrected chi connectivity index (χ1v) is 8.65. The highest BCUT2D eigenvalue weighted by Gasteiger charge is 2.40. The second-order valence-corrected chi connectivity index (χ2v) is 7.08. The first-order valence-electron chi connectivity index (χ1n) is 8.28. The van der Waals surface area contributed by atoms with Gasteiger partial charge >= 0.3 is 0 Å². The minimum Gasteiger partial charge on any atom is -0.495 e. The number of nitrogens with one attached hydrogen (secondary N) is 1. The first kappa shape index (κ1) is 15.2. The molecule has 1 N–H and O–H groups in total. The van der Waals surface area contributed by atoms with Crippen LogP contribution >= 0.6 is 11.6 Å². The third-order valence-corrected chi connectivity index (χ3v) is 5.75. The van der Waals surface area contributed by atoms with Crippen molar-refractivity contribution in [3.63, 3.8) is 0 Å². The van der Waals surface area contributed by atoms with E-state index in [-0.39, 0.29) is 0 Å². The summed E-state index contributed by atoms with van der Waals surface area (Å²) in [5, 5.41) is 4.36. The zero-order valence-electron chi connectivity index (χ0n) is 13.1. The number of methoxy groups -OCH3 is 1. The standard InChI is InChI=1S/C18H26ClNO/c1-3-20-17(11-15-9-12-4-5-13(15)8-12)14-6-7-18(21-2)16(19)10-14/h6-7,10,12-13,15,17,20H,3-5,8-9,11H2,1-2H3. The molecule has 3 rings (SSSR count). The highest BCUT2D eigenvalue weighted by Crippen LogP contribution is 2.51. The van der Waals surface area contributed by atoms with Crippen LogP contribution in [0, 0.1) is 17.8 Å². The van der Waals surface area contributed by atoms with Crippen LogP contribution in [0.3, 0.4) is 0 Å². The fourth-order valence-electron chi connectivity index (χ4n) is 4.45. The van der Waals surface area contributed by atoms with Crippen LogP contribution in [-0.2, 0) is 0 Å². The van der Waals surface area contributed by atoms with Gasteiger partial charge in [-0.2, -0.15) is 0 Å². The summed E-state index contributed by atoms with van der Waals surface area (Å²) in [6.45, 7) is 3.17. The molecule has 4 unspecified atom stereocenters. The summed E-state index contributed by atoms with van der Waals surface area (Å²) in [6.07, 6.45) is 7.10. The molecule has 116 valence electrons. The molecule has 4 atom stereocenters. The highest BCUT2D eigenvalue weighted by atomic mass is 35.5. The van der Waals surface area contributed by atoms with Crippen molar-refractivity contribution in [2.75, 3.05) is 13.7 Å². The molecule has 2 saturated carbocycles. The van der Waals surface area contributed by atoms with Crippen LogP contribution in [0.1, 0.15) is 50.6 Å². The van der Waals surface area contributed by atoms with Crippen LogP contribution in [0.25, 0.3) is 0 Å². The Labute approximate surface area is 133 Å². The Morgan fingerprint density at radius 3 is 2.76 bits per heavy atom. The van der Waals surface area contributed by atoms with Crippen molar-refractivity contribution in [2.24, 2.45) is 17.8 Å². The van der Waals surface area contributed by atoms with Gasteiger partial charge in [0.25, 0.3) is 0 Å². The lowest BCUT2D eigenvalue weighted by molar-refractivity contribution is 0.280. The average molecular weight is 308 g/mol. The monoisotopic (exact) mass is 307 g/mol. The Hall–Kier alpha value is -0.730. The van der Waals surface area contributed by atoms with Crippen molar-refractivity contribution < 1.29 is 4.74 Å². The number of benzene rings is 1. The highest BCUT2D eigenvalue weighted by molar-refractivity contribution is 6.32. The number of hydrogen-bond acceptors (Lipinski definition) is 2. The van der Waals surface area contributed by atoms with E-state index in [0.717, 1.165) is 30.0 Å². The molecule has 1 aromatic rings. The van der Waals surface area contributed by atoms with Gasteiger partial charge in [0.1, 0.15) is 5.75 Å². The normalized spacial score (nSPS) is 28.8. The zero-order valence-corrected chi connectivity index (χ0v) is 13.8. The molecule has 21 heavy (non-hydrogen) atoms. The molecular formula is C18H26ClNO. The van der Waals surface area contributed by atoms with Crippen molar-refractivity contribution in [3.05, 3.63) is 28.8 Å². The molecule has 0 amide bonds. The first-order chi connectivity index (χ1) is 10.2. The molecular weight excluding hydrogens is 282 g/mol. The van der Waals surface area contributed by atoms with Gasteiger partial charge in [0.2, 0.25) is 0 Å². The van der Waals surface area contributed by atoms with E-state index in [9.17, 15) is 0 Å².